The number of carboxylic acids is 1. The van der Waals surface area contributed by atoms with Crippen molar-refractivity contribution in [3.63, 3.8) is 0 Å². The Bertz CT molecular complexity index is 159. The molecule has 0 aliphatic heterocycles. The van der Waals surface area contributed by atoms with Crippen molar-refractivity contribution in [3.8, 4) is 0 Å². The highest BCUT2D eigenvalue weighted by molar-refractivity contribution is 5.73. The molecule has 0 aromatic rings. The summed E-state index contributed by atoms with van der Waals surface area (Å²) in [5.41, 5.74) is 0. The van der Waals surface area contributed by atoms with Crippen molar-refractivity contribution in [2.75, 3.05) is 13.6 Å². The van der Waals surface area contributed by atoms with E-state index in [0.29, 0.717) is 0 Å². The molecule has 1 unspecified atom stereocenters. The van der Waals surface area contributed by atoms with Gasteiger partial charge in [-0.2, -0.15) is 0 Å². The van der Waals surface area contributed by atoms with Gasteiger partial charge >= 0.3 is 5.97 Å². The number of rotatable bonds is 8. The molecule has 84 valence electrons. The highest BCUT2D eigenvalue weighted by atomic mass is 16.4. The van der Waals surface area contributed by atoms with Crippen LogP contribution >= 0.6 is 0 Å². The van der Waals surface area contributed by atoms with Gasteiger partial charge in [-0.15, -0.1) is 0 Å². The molecule has 1 N–H and O–H groups in total. The molecule has 0 saturated heterocycles. The number of carboxylic acid groups (broad SMARTS) is 1. The van der Waals surface area contributed by atoms with Crippen LogP contribution in [0.2, 0.25) is 0 Å². The second kappa shape index (κ2) is 7.80. The fourth-order valence-electron chi connectivity index (χ4n) is 1.49. The van der Waals surface area contributed by atoms with Crippen molar-refractivity contribution < 1.29 is 9.90 Å². The first-order valence-corrected chi connectivity index (χ1v) is 5.56. The van der Waals surface area contributed by atoms with Gasteiger partial charge < -0.3 is 5.11 Å². The molecule has 0 radical (unpaired) electrons. The van der Waals surface area contributed by atoms with Gasteiger partial charge in [-0.25, -0.2) is 0 Å². The molecule has 0 heterocycles. The Labute approximate surface area is 87.1 Å². The van der Waals surface area contributed by atoms with E-state index >= 15 is 0 Å². The van der Waals surface area contributed by atoms with Crippen LogP contribution in [0.25, 0.3) is 0 Å². The summed E-state index contributed by atoms with van der Waals surface area (Å²) in [5.74, 6) is -0.683. The Balaban J connectivity index is 3.97. The molecule has 3 heteroatoms. The quantitative estimate of drug-likeness (QED) is 0.655. The number of aliphatic carboxylic acids is 1. The Hall–Kier alpha value is -0.570. The van der Waals surface area contributed by atoms with Crippen molar-refractivity contribution >= 4 is 5.97 Å². The van der Waals surface area contributed by atoms with Gasteiger partial charge in [0.05, 0.1) is 0 Å². The third kappa shape index (κ3) is 5.22. The van der Waals surface area contributed by atoms with Crippen LogP contribution in [0.1, 0.15) is 46.0 Å². The minimum atomic E-state index is -0.683. The van der Waals surface area contributed by atoms with Gasteiger partial charge in [0.2, 0.25) is 0 Å². The first-order valence-electron chi connectivity index (χ1n) is 5.56. The number of hydrogen-bond acceptors (Lipinski definition) is 2. The standard InChI is InChI=1S/C11H23NO2/c1-4-6-8-10(11(13)14)12(3)9-7-5-2/h10H,4-9H2,1-3H3,(H,13,14). The van der Waals surface area contributed by atoms with Crippen LogP contribution in [0.15, 0.2) is 0 Å². The molecule has 1 atom stereocenters. The second-order valence-electron chi connectivity index (χ2n) is 3.83. The number of unbranched alkanes of at least 4 members (excludes halogenated alkanes) is 2. The molecule has 0 saturated carbocycles. The van der Waals surface area contributed by atoms with E-state index in [1.807, 2.05) is 11.9 Å². The molecule has 0 aromatic heterocycles. The molecule has 14 heavy (non-hydrogen) atoms. The van der Waals surface area contributed by atoms with E-state index in [9.17, 15) is 4.79 Å². The first-order chi connectivity index (χ1) is 6.63. The van der Waals surface area contributed by atoms with Gasteiger partial charge in [0.15, 0.2) is 0 Å². The lowest BCUT2D eigenvalue weighted by molar-refractivity contribution is -0.143. The maximum atomic E-state index is 11.0. The molecule has 0 fully saturated rings. The average Bonchev–Trinajstić information content (AvgIpc) is 2.14. The zero-order chi connectivity index (χ0) is 11.0. The zero-order valence-electron chi connectivity index (χ0n) is 9.62. The van der Waals surface area contributed by atoms with E-state index in [4.69, 9.17) is 5.11 Å². The highest BCUT2D eigenvalue weighted by Crippen LogP contribution is 2.08. The van der Waals surface area contributed by atoms with E-state index in [0.717, 1.165) is 38.6 Å². The minimum absolute atomic E-state index is 0.290. The molecule has 0 aliphatic rings. The summed E-state index contributed by atoms with van der Waals surface area (Å²) in [4.78, 5) is 12.9. The van der Waals surface area contributed by atoms with Crippen LogP contribution in [-0.4, -0.2) is 35.6 Å². The van der Waals surface area contributed by atoms with E-state index < -0.39 is 5.97 Å². The summed E-state index contributed by atoms with van der Waals surface area (Å²) in [5, 5.41) is 9.03. The number of hydrogen-bond donors (Lipinski definition) is 1. The summed E-state index contributed by atoms with van der Waals surface area (Å²) in [7, 11) is 1.91. The van der Waals surface area contributed by atoms with Gasteiger partial charge in [0, 0.05) is 0 Å². The third-order valence-corrected chi connectivity index (χ3v) is 2.51. The summed E-state index contributed by atoms with van der Waals surface area (Å²) < 4.78 is 0. The lowest BCUT2D eigenvalue weighted by Crippen LogP contribution is -2.38. The Morgan fingerprint density at radius 1 is 1.29 bits per heavy atom. The van der Waals surface area contributed by atoms with Gasteiger partial charge in [-0.1, -0.05) is 33.1 Å². The van der Waals surface area contributed by atoms with Crippen molar-refractivity contribution in [2.45, 2.75) is 52.0 Å². The molecule has 0 bridgehead atoms. The normalized spacial score (nSPS) is 13.1. The Morgan fingerprint density at radius 2 is 1.86 bits per heavy atom. The zero-order valence-corrected chi connectivity index (χ0v) is 9.62. The molecule has 0 amide bonds. The topological polar surface area (TPSA) is 40.5 Å². The molecule has 0 rings (SSSR count). The van der Waals surface area contributed by atoms with E-state index in [1.165, 1.54) is 0 Å². The Kier molecular flexibility index (Phi) is 7.48. The maximum absolute atomic E-state index is 11.0. The fourth-order valence-corrected chi connectivity index (χ4v) is 1.49. The fraction of sp³-hybridized carbons (Fsp3) is 0.909. The summed E-state index contributed by atoms with van der Waals surface area (Å²) in [6.07, 6.45) is 5.02. The average molecular weight is 201 g/mol. The smallest absolute Gasteiger partial charge is 0.320 e. The van der Waals surface area contributed by atoms with Crippen LogP contribution in [0.4, 0.5) is 0 Å². The highest BCUT2D eigenvalue weighted by Gasteiger charge is 2.20. The minimum Gasteiger partial charge on any atom is -0.480 e. The largest absolute Gasteiger partial charge is 0.480 e. The Morgan fingerprint density at radius 3 is 2.29 bits per heavy atom. The molecule has 0 spiro atoms. The van der Waals surface area contributed by atoms with Crippen LogP contribution in [0, 0.1) is 0 Å². The van der Waals surface area contributed by atoms with Crippen molar-refractivity contribution in [1.82, 2.24) is 4.90 Å². The van der Waals surface area contributed by atoms with Gasteiger partial charge in [-0.3, -0.25) is 9.69 Å². The van der Waals surface area contributed by atoms with E-state index in [1.54, 1.807) is 0 Å². The lowest BCUT2D eigenvalue weighted by Gasteiger charge is -2.24. The summed E-state index contributed by atoms with van der Waals surface area (Å²) in [6.45, 7) is 5.10. The lowest BCUT2D eigenvalue weighted by atomic mass is 10.1. The molecular formula is C11H23NO2. The van der Waals surface area contributed by atoms with Gasteiger partial charge in [0.1, 0.15) is 6.04 Å². The predicted octanol–water partition coefficient (Wildman–Crippen LogP) is 2.36. The van der Waals surface area contributed by atoms with E-state index in [-0.39, 0.29) is 6.04 Å². The number of nitrogens with zero attached hydrogens (tertiary/aromatic N) is 1. The third-order valence-electron chi connectivity index (χ3n) is 2.51. The molecule has 0 aliphatic carbocycles. The van der Waals surface area contributed by atoms with Crippen LogP contribution in [0.3, 0.4) is 0 Å². The van der Waals surface area contributed by atoms with Crippen LogP contribution in [0.5, 0.6) is 0 Å². The number of carbonyl (C=O) groups is 1. The second-order valence-corrected chi connectivity index (χ2v) is 3.83. The first kappa shape index (κ1) is 13.4. The molecular weight excluding hydrogens is 178 g/mol. The molecule has 0 aromatic carbocycles. The van der Waals surface area contributed by atoms with Gasteiger partial charge in [0.25, 0.3) is 0 Å². The molecule has 3 nitrogen and oxygen atoms in total. The van der Waals surface area contributed by atoms with Crippen molar-refractivity contribution in [1.29, 1.82) is 0 Å². The summed E-state index contributed by atoms with van der Waals surface area (Å²) >= 11 is 0. The monoisotopic (exact) mass is 201 g/mol. The van der Waals surface area contributed by atoms with Crippen molar-refractivity contribution in [2.24, 2.45) is 0 Å². The maximum Gasteiger partial charge on any atom is 0.320 e. The van der Waals surface area contributed by atoms with Crippen LogP contribution < -0.4 is 0 Å². The predicted molar refractivity (Wildman–Crippen MR) is 58.5 cm³/mol. The van der Waals surface area contributed by atoms with E-state index in [2.05, 4.69) is 13.8 Å². The SMILES string of the molecule is CCCCC(C(=O)O)N(C)CCCC. The number of likely N-dealkylation sites (N-methyl/N-ethyl adjacent to an activating group) is 1. The van der Waals surface area contributed by atoms with Crippen molar-refractivity contribution in [3.05, 3.63) is 0 Å². The van der Waals surface area contributed by atoms with Gasteiger partial charge in [-0.05, 0) is 26.4 Å². The summed E-state index contributed by atoms with van der Waals surface area (Å²) in [6, 6.07) is -0.290. The van der Waals surface area contributed by atoms with Crippen LogP contribution in [-0.2, 0) is 4.79 Å².